The highest BCUT2D eigenvalue weighted by atomic mass is 79.9. The number of nitrogens with zero attached hydrogens (tertiary/aromatic N) is 3. The topological polar surface area (TPSA) is 55.0 Å². The fourth-order valence-corrected chi connectivity index (χ4v) is 1.95. The molecule has 0 unspecified atom stereocenters. The first-order valence-electron chi connectivity index (χ1n) is 5.18. The first-order chi connectivity index (χ1) is 8.16. The predicted octanol–water partition coefficient (Wildman–Crippen LogP) is 2.46. The molecule has 0 aliphatic carbocycles. The van der Waals surface area contributed by atoms with Crippen molar-refractivity contribution in [3.05, 3.63) is 46.8 Å². The molecule has 88 valence electrons. The van der Waals surface area contributed by atoms with E-state index in [0.29, 0.717) is 5.69 Å². The summed E-state index contributed by atoms with van der Waals surface area (Å²) in [4.78, 5) is 10.3. The number of nitrogens with two attached hydrogens (primary N) is 1. The number of pyridine rings is 2. The van der Waals surface area contributed by atoms with E-state index < -0.39 is 0 Å². The monoisotopic (exact) mass is 292 g/mol. The Labute approximate surface area is 109 Å². The van der Waals surface area contributed by atoms with Gasteiger partial charge in [-0.2, -0.15) is 0 Å². The summed E-state index contributed by atoms with van der Waals surface area (Å²) in [6.07, 6.45) is 5.30. The second kappa shape index (κ2) is 5.14. The standard InChI is InChI=1S/C12H13BrN4/c1-17(8-9-2-4-15-5-3-9)12-11(14)6-10(13)7-16-12/h2-7H,8,14H2,1H3. The maximum absolute atomic E-state index is 5.93. The Morgan fingerprint density at radius 1 is 1.35 bits per heavy atom. The summed E-state index contributed by atoms with van der Waals surface area (Å²) in [5, 5.41) is 0. The van der Waals surface area contributed by atoms with Crippen LogP contribution in [0.1, 0.15) is 5.56 Å². The molecular weight excluding hydrogens is 280 g/mol. The largest absolute Gasteiger partial charge is 0.396 e. The lowest BCUT2D eigenvalue weighted by Crippen LogP contribution is -2.19. The van der Waals surface area contributed by atoms with E-state index in [1.54, 1.807) is 18.6 Å². The van der Waals surface area contributed by atoms with E-state index in [2.05, 4.69) is 25.9 Å². The second-order valence-electron chi connectivity index (χ2n) is 3.78. The van der Waals surface area contributed by atoms with Crippen LogP contribution in [0.25, 0.3) is 0 Å². The molecule has 5 heteroatoms. The molecule has 0 atom stereocenters. The van der Waals surface area contributed by atoms with Gasteiger partial charge in [0.15, 0.2) is 5.82 Å². The van der Waals surface area contributed by atoms with Crippen LogP contribution >= 0.6 is 15.9 Å². The zero-order valence-corrected chi connectivity index (χ0v) is 11.1. The number of rotatable bonds is 3. The van der Waals surface area contributed by atoms with Crippen LogP contribution < -0.4 is 10.6 Å². The summed E-state index contributed by atoms with van der Waals surface area (Å²) in [6.45, 7) is 0.751. The normalized spacial score (nSPS) is 10.2. The van der Waals surface area contributed by atoms with Crippen molar-refractivity contribution in [1.82, 2.24) is 9.97 Å². The van der Waals surface area contributed by atoms with E-state index >= 15 is 0 Å². The maximum Gasteiger partial charge on any atom is 0.151 e. The molecule has 2 heterocycles. The quantitative estimate of drug-likeness (QED) is 0.944. The minimum atomic E-state index is 0.663. The van der Waals surface area contributed by atoms with Crippen molar-refractivity contribution in [3.8, 4) is 0 Å². The highest BCUT2D eigenvalue weighted by Gasteiger charge is 2.07. The molecule has 0 aliphatic rings. The molecular formula is C12H13BrN4. The van der Waals surface area contributed by atoms with E-state index in [1.807, 2.05) is 30.1 Å². The van der Waals surface area contributed by atoms with E-state index in [9.17, 15) is 0 Å². The van der Waals surface area contributed by atoms with Gasteiger partial charge in [-0.15, -0.1) is 0 Å². The lowest BCUT2D eigenvalue weighted by molar-refractivity contribution is 0.897. The van der Waals surface area contributed by atoms with Crippen molar-refractivity contribution in [1.29, 1.82) is 0 Å². The summed E-state index contributed by atoms with van der Waals surface area (Å²) in [7, 11) is 1.97. The Morgan fingerprint density at radius 3 is 2.71 bits per heavy atom. The molecule has 0 bridgehead atoms. The average molecular weight is 293 g/mol. The Morgan fingerprint density at radius 2 is 2.06 bits per heavy atom. The minimum Gasteiger partial charge on any atom is -0.396 e. The van der Waals surface area contributed by atoms with Crippen molar-refractivity contribution in [2.24, 2.45) is 0 Å². The minimum absolute atomic E-state index is 0.663. The van der Waals surface area contributed by atoms with Gasteiger partial charge in [-0.1, -0.05) is 0 Å². The van der Waals surface area contributed by atoms with Gasteiger partial charge < -0.3 is 10.6 Å². The highest BCUT2D eigenvalue weighted by Crippen LogP contribution is 2.23. The fraction of sp³-hybridized carbons (Fsp3) is 0.167. The Balaban J connectivity index is 2.17. The van der Waals surface area contributed by atoms with Gasteiger partial charge in [0.2, 0.25) is 0 Å². The summed E-state index contributed by atoms with van der Waals surface area (Å²) in [5.41, 5.74) is 7.77. The van der Waals surface area contributed by atoms with Gasteiger partial charge in [-0.05, 0) is 39.7 Å². The molecule has 0 amide bonds. The first-order valence-corrected chi connectivity index (χ1v) is 5.97. The molecule has 2 aromatic heterocycles. The smallest absolute Gasteiger partial charge is 0.151 e. The summed E-state index contributed by atoms with van der Waals surface area (Å²) in [6, 6.07) is 5.81. The third kappa shape index (κ3) is 2.94. The zero-order valence-electron chi connectivity index (χ0n) is 9.47. The maximum atomic E-state index is 5.93. The van der Waals surface area contributed by atoms with Crippen LogP contribution in [0.2, 0.25) is 0 Å². The highest BCUT2D eigenvalue weighted by molar-refractivity contribution is 9.10. The summed E-state index contributed by atoms with van der Waals surface area (Å²) < 4.78 is 0.885. The molecule has 4 nitrogen and oxygen atoms in total. The van der Waals surface area contributed by atoms with Gasteiger partial charge in [0.05, 0.1) is 5.69 Å². The molecule has 0 radical (unpaired) electrons. The van der Waals surface area contributed by atoms with Crippen LogP contribution in [0, 0.1) is 0 Å². The van der Waals surface area contributed by atoms with Crippen LogP contribution in [0.4, 0.5) is 11.5 Å². The van der Waals surface area contributed by atoms with E-state index in [0.717, 1.165) is 16.8 Å². The Kier molecular flexibility index (Phi) is 3.58. The SMILES string of the molecule is CN(Cc1ccncc1)c1ncc(Br)cc1N. The van der Waals surface area contributed by atoms with Crippen LogP contribution in [-0.2, 0) is 6.54 Å². The third-order valence-electron chi connectivity index (χ3n) is 2.39. The van der Waals surface area contributed by atoms with Gasteiger partial charge in [-0.25, -0.2) is 4.98 Å². The first kappa shape index (κ1) is 11.9. The number of nitrogen functional groups attached to an aromatic ring is 1. The molecule has 0 aliphatic heterocycles. The molecule has 0 spiro atoms. The molecule has 2 aromatic rings. The Bertz CT molecular complexity index is 501. The van der Waals surface area contributed by atoms with Gasteiger partial charge in [0.1, 0.15) is 0 Å². The molecule has 0 aromatic carbocycles. The molecule has 0 fully saturated rings. The van der Waals surface area contributed by atoms with Crippen molar-refractivity contribution in [2.45, 2.75) is 6.54 Å². The molecule has 2 rings (SSSR count). The zero-order chi connectivity index (χ0) is 12.3. The van der Waals surface area contributed by atoms with E-state index in [4.69, 9.17) is 5.73 Å². The van der Waals surface area contributed by atoms with Gasteiger partial charge in [0.25, 0.3) is 0 Å². The van der Waals surface area contributed by atoms with E-state index in [1.165, 1.54) is 5.56 Å². The van der Waals surface area contributed by atoms with Gasteiger partial charge in [-0.3, -0.25) is 4.98 Å². The Hall–Kier alpha value is -1.62. The lowest BCUT2D eigenvalue weighted by Gasteiger charge is -2.19. The number of aromatic nitrogens is 2. The summed E-state index contributed by atoms with van der Waals surface area (Å²) >= 11 is 3.34. The third-order valence-corrected chi connectivity index (χ3v) is 2.83. The predicted molar refractivity (Wildman–Crippen MR) is 72.7 cm³/mol. The number of hydrogen-bond acceptors (Lipinski definition) is 4. The molecule has 17 heavy (non-hydrogen) atoms. The molecule has 0 saturated carbocycles. The van der Waals surface area contributed by atoms with Gasteiger partial charge in [0, 0.05) is 36.7 Å². The molecule has 2 N–H and O–H groups in total. The number of halogens is 1. The second-order valence-corrected chi connectivity index (χ2v) is 4.69. The van der Waals surface area contributed by atoms with Crippen molar-refractivity contribution in [2.75, 3.05) is 17.7 Å². The van der Waals surface area contributed by atoms with E-state index in [-0.39, 0.29) is 0 Å². The number of anilines is 2. The van der Waals surface area contributed by atoms with Crippen LogP contribution in [0.5, 0.6) is 0 Å². The van der Waals surface area contributed by atoms with Gasteiger partial charge >= 0.3 is 0 Å². The fourth-order valence-electron chi connectivity index (χ4n) is 1.60. The lowest BCUT2D eigenvalue weighted by atomic mass is 10.2. The number of hydrogen-bond donors (Lipinski definition) is 1. The summed E-state index contributed by atoms with van der Waals surface area (Å²) in [5.74, 6) is 0.782. The van der Waals surface area contributed by atoms with Crippen LogP contribution in [0.3, 0.4) is 0 Å². The van der Waals surface area contributed by atoms with Crippen molar-refractivity contribution < 1.29 is 0 Å². The average Bonchev–Trinajstić information content (AvgIpc) is 2.30. The van der Waals surface area contributed by atoms with Crippen molar-refractivity contribution in [3.63, 3.8) is 0 Å². The van der Waals surface area contributed by atoms with Crippen molar-refractivity contribution >= 4 is 27.4 Å². The van der Waals surface area contributed by atoms with Crippen LogP contribution in [-0.4, -0.2) is 17.0 Å². The van der Waals surface area contributed by atoms with Crippen LogP contribution in [0.15, 0.2) is 41.3 Å². The molecule has 0 saturated heterocycles.